The van der Waals surface area contributed by atoms with Crippen LogP contribution in [-0.4, -0.2) is 27.7 Å². The zero-order valence-corrected chi connectivity index (χ0v) is 11.1. The molecule has 1 aliphatic rings. The number of nitrogens with two attached hydrogens (primary N) is 1. The average molecular weight is 274 g/mol. The summed E-state index contributed by atoms with van der Waals surface area (Å²) in [4.78, 5) is 14.2. The molecule has 2 aromatic rings. The highest BCUT2D eigenvalue weighted by atomic mass is 32.1. The molecule has 0 saturated carbocycles. The maximum absolute atomic E-state index is 12.4. The smallest absolute Gasteiger partial charge is 0.279 e. The van der Waals surface area contributed by atoms with Gasteiger partial charge in [-0.1, -0.05) is 18.2 Å². The van der Waals surface area contributed by atoms with Crippen molar-refractivity contribution in [2.45, 2.75) is 12.3 Å². The molecule has 0 saturated heterocycles. The molecule has 1 aromatic heterocycles. The molecule has 0 spiro atoms. The number of aromatic nitrogens is 2. The van der Waals surface area contributed by atoms with E-state index >= 15 is 0 Å². The summed E-state index contributed by atoms with van der Waals surface area (Å²) in [6, 6.07) is 8.00. The van der Waals surface area contributed by atoms with E-state index in [2.05, 4.69) is 14.8 Å². The van der Waals surface area contributed by atoms with Crippen LogP contribution in [0.15, 0.2) is 30.5 Å². The third-order valence-corrected chi connectivity index (χ3v) is 3.89. The van der Waals surface area contributed by atoms with Crippen LogP contribution >= 0.6 is 11.7 Å². The third-order valence-electron chi connectivity index (χ3n) is 3.41. The molecule has 0 fully saturated rings. The van der Waals surface area contributed by atoms with Crippen molar-refractivity contribution in [2.75, 3.05) is 18.0 Å². The van der Waals surface area contributed by atoms with Gasteiger partial charge >= 0.3 is 0 Å². The van der Waals surface area contributed by atoms with Gasteiger partial charge in [0.15, 0.2) is 5.69 Å². The van der Waals surface area contributed by atoms with Crippen molar-refractivity contribution in [1.29, 1.82) is 0 Å². The van der Waals surface area contributed by atoms with E-state index in [9.17, 15) is 4.79 Å². The molecule has 1 unspecified atom stereocenters. The number of para-hydroxylation sites is 1. The fourth-order valence-electron chi connectivity index (χ4n) is 2.53. The zero-order valence-electron chi connectivity index (χ0n) is 10.3. The van der Waals surface area contributed by atoms with Gasteiger partial charge in [-0.15, -0.1) is 0 Å². The van der Waals surface area contributed by atoms with Crippen LogP contribution in [0.2, 0.25) is 0 Å². The Balaban J connectivity index is 1.94. The van der Waals surface area contributed by atoms with Crippen LogP contribution in [0.25, 0.3) is 0 Å². The lowest BCUT2D eigenvalue weighted by Crippen LogP contribution is -2.30. The normalized spacial score (nSPS) is 17.5. The maximum atomic E-state index is 12.4. The zero-order chi connectivity index (χ0) is 13.2. The second-order valence-electron chi connectivity index (χ2n) is 4.54. The summed E-state index contributed by atoms with van der Waals surface area (Å²) in [6.07, 6.45) is 2.40. The third kappa shape index (κ3) is 2.13. The number of carbonyl (C=O) groups is 1. The average Bonchev–Trinajstić information content (AvgIpc) is 3.07. The van der Waals surface area contributed by atoms with Gasteiger partial charge in [-0.05, 0) is 24.6 Å². The minimum atomic E-state index is -0.0827. The first-order valence-electron chi connectivity index (χ1n) is 6.19. The molecule has 0 aliphatic carbocycles. The molecular weight excluding hydrogens is 260 g/mol. The molecule has 1 atom stereocenters. The van der Waals surface area contributed by atoms with E-state index in [0.717, 1.165) is 23.8 Å². The standard InChI is InChI=1S/C13H14N4OS/c14-6-5-9-8-17(12-4-2-1-3-10(9)12)13(18)11-7-15-19-16-11/h1-4,7,9H,5-6,8,14H2. The Labute approximate surface area is 115 Å². The Hall–Kier alpha value is -1.79. The Morgan fingerprint density at radius 3 is 3.05 bits per heavy atom. The van der Waals surface area contributed by atoms with Gasteiger partial charge in [-0.2, -0.15) is 8.75 Å². The predicted molar refractivity (Wildman–Crippen MR) is 74.4 cm³/mol. The van der Waals surface area contributed by atoms with E-state index in [1.807, 2.05) is 18.2 Å². The molecule has 3 rings (SSSR count). The Morgan fingerprint density at radius 2 is 2.32 bits per heavy atom. The van der Waals surface area contributed by atoms with E-state index in [1.54, 1.807) is 4.90 Å². The van der Waals surface area contributed by atoms with Crippen molar-refractivity contribution < 1.29 is 4.79 Å². The van der Waals surface area contributed by atoms with Crippen molar-refractivity contribution in [3.05, 3.63) is 41.7 Å². The van der Waals surface area contributed by atoms with Gasteiger partial charge in [-0.3, -0.25) is 4.79 Å². The number of anilines is 1. The summed E-state index contributed by atoms with van der Waals surface area (Å²) in [5.74, 6) is 0.234. The Kier molecular flexibility index (Phi) is 3.27. The van der Waals surface area contributed by atoms with Crippen molar-refractivity contribution in [1.82, 2.24) is 8.75 Å². The van der Waals surface area contributed by atoms with Gasteiger partial charge in [0.2, 0.25) is 0 Å². The summed E-state index contributed by atoms with van der Waals surface area (Å²) >= 11 is 1.05. The lowest BCUT2D eigenvalue weighted by molar-refractivity contribution is 0.0984. The van der Waals surface area contributed by atoms with Gasteiger partial charge < -0.3 is 10.6 Å². The van der Waals surface area contributed by atoms with Crippen LogP contribution in [0.3, 0.4) is 0 Å². The fourth-order valence-corrected chi connectivity index (χ4v) is 2.94. The second-order valence-corrected chi connectivity index (χ2v) is 5.10. The number of fused-ring (bicyclic) bond motifs is 1. The molecule has 2 heterocycles. The summed E-state index contributed by atoms with van der Waals surface area (Å²) in [5.41, 5.74) is 8.24. The van der Waals surface area contributed by atoms with Gasteiger partial charge in [0.05, 0.1) is 17.9 Å². The van der Waals surface area contributed by atoms with Gasteiger partial charge in [0, 0.05) is 18.2 Å². The van der Waals surface area contributed by atoms with Crippen LogP contribution in [0.4, 0.5) is 5.69 Å². The molecule has 1 aliphatic heterocycles. The number of nitrogens with zero attached hydrogens (tertiary/aromatic N) is 3. The lowest BCUT2D eigenvalue weighted by atomic mass is 9.98. The van der Waals surface area contributed by atoms with E-state index in [4.69, 9.17) is 5.73 Å². The summed E-state index contributed by atoms with van der Waals surface area (Å²) in [5, 5.41) is 0. The molecule has 0 radical (unpaired) electrons. The molecule has 0 bridgehead atoms. The molecule has 5 nitrogen and oxygen atoms in total. The number of hydrogen-bond acceptors (Lipinski definition) is 5. The first-order chi connectivity index (χ1) is 9.31. The van der Waals surface area contributed by atoms with Crippen LogP contribution in [0.5, 0.6) is 0 Å². The topological polar surface area (TPSA) is 72.1 Å². The fraction of sp³-hybridized carbons (Fsp3) is 0.308. The lowest BCUT2D eigenvalue weighted by Gasteiger charge is -2.16. The molecule has 2 N–H and O–H groups in total. The van der Waals surface area contributed by atoms with Crippen LogP contribution in [0, 0.1) is 0 Å². The van der Waals surface area contributed by atoms with E-state index < -0.39 is 0 Å². The Morgan fingerprint density at radius 1 is 1.47 bits per heavy atom. The number of rotatable bonds is 3. The first kappa shape index (κ1) is 12.3. The Bertz CT molecular complexity index is 584. The van der Waals surface area contributed by atoms with Crippen LogP contribution in [0.1, 0.15) is 28.4 Å². The van der Waals surface area contributed by atoms with E-state index in [0.29, 0.717) is 24.7 Å². The number of amides is 1. The minimum absolute atomic E-state index is 0.0827. The maximum Gasteiger partial charge on any atom is 0.279 e. The SMILES string of the molecule is NCCC1CN(C(=O)c2cnsn2)c2ccccc21. The quantitative estimate of drug-likeness (QED) is 0.923. The van der Waals surface area contributed by atoms with Crippen molar-refractivity contribution >= 4 is 23.3 Å². The summed E-state index contributed by atoms with van der Waals surface area (Å²) in [7, 11) is 0. The monoisotopic (exact) mass is 274 g/mol. The van der Waals surface area contributed by atoms with Gasteiger partial charge in [0.25, 0.3) is 5.91 Å². The highest BCUT2D eigenvalue weighted by Crippen LogP contribution is 2.38. The number of benzene rings is 1. The van der Waals surface area contributed by atoms with E-state index in [1.165, 1.54) is 11.8 Å². The highest BCUT2D eigenvalue weighted by Gasteiger charge is 2.32. The van der Waals surface area contributed by atoms with Crippen molar-refractivity contribution in [3.63, 3.8) is 0 Å². The second kappa shape index (κ2) is 5.07. The van der Waals surface area contributed by atoms with Crippen molar-refractivity contribution in [3.8, 4) is 0 Å². The highest BCUT2D eigenvalue weighted by molar-refractivity contribution is 6.99. The summed E-state index contributed by atoms with van der Waals surface area (Å²) in [6.45, 7) is 1.30. The molecule has 19 heavy (non-hydrogen) atoms. The molecule has 1 aromatic carbocycles. The molecule has 98 valence electrons. The first-order valence-corrected chi connectivity index (χ1v) is 6.92. The molecule has 6 heteroatoms. The molecule has 1 amide bonds. The number of hydrogen-bond donors (Lipinski definition) is 1. The predicted octanol–water partition coefficient (Wildman–Crippen LogP) is 1.63. The van der Waals surface area contributed by atoms with Crippen LogP contribution < -0.4 is 10.6 Å². The van der Waals surface area contributed by atoms with E-state index in [-0.39, 0.29) is 5.91 Å². The van der Waals surface area contributed by atoms with Crippen LogP contribution in [-0.2, 0) is 0 Å². The largest absolute Gasteiger partial charge is 0.330 e. The van der Waals surface area contributed by atoms with Gasteiger partial charge in [-0.25, -0.2) is 0 Å². The molecular formula is C13H14N4OS. The van der Waals surface area contributed by atoms with Gasteiger partial charge in [0.1, 0.15) is 0 Å². The summed E-state index contributed by atoms with van der Waals surface area (Å²) < 4.78 is 7.91. The minimum Gasteiger partial charge on any atom is -0.330 e. The number of carbonyl (C=O) groups excluding carboxylic acids is 1. The van der Waals surface area contributed by atoms with Crippen molar-refractivity contribution in [2.24, 2.45) is 5.73 Å².